The van der Waals surface area contributed by atoms with Crippen LogP contribution in [0.5, 0.6) is 0 Å². The molecule has 0 bridgehead atoms. The van der Waals surface area contributed by atoms with Crippen LogP contribution < -0.4 is 0 Å². The third kappa shape index (κ3) is 8.91. The molecule has 4 heteroatoms. The Labute approximate surface area is 69.4 Å². The molecule has 0 saturated carbocycles. The fourth-order valence-corrected chi connectivity index (χ4v) is 0. The normalized spacial score (nSPS) is 0. The van der Waals surface area contributed by atoms with Crippen molar-refractivity contribution in [1.82, 2.24) is 0 Å². The van der Waals surface area contributed by atoms with Gasteiger partial charge in [0.2, 0.25) is 0 Å². The molecule has 2 radical (unpaired) electrons. The van der Waals surface area contributed by atoms with Gasteiger partial charge in [-0.25, -0.2) is 0 Å². The van der Waals surface area contributed by atoms with Crippen LogP contribution in [-0.2, 0) is 70.1 Å². The van der Waals surface area contributed by atoms with E-state index in [1.807, 2.05) is 0 Å². The maximum atomic E-state index is 0. The molecule has 0 atom stereocenters. The Kier molecular flexibility index (Phi) is 169. The third-order valence-corrected chi connectivity index (χ3v) is 0. The molecule has 26 valence electrons. The van der Waals surface area contributed by atoms with Crippen molar-refractivity contribution in [2.75, 3.05) is 0 Å². The Morgan fingerprint density at radius 2 is 0.750 bits per heavy atom. The van der Waals surface area contributed by atoms with Crippen molar-refractivity contribution in [2.45, 2.75) is 0 Å². The van der Waals surface area contributed by atoms with E-state index in [0.717, 1.165) is 0 Å². The van der Waals surface area contributed by atoms with Gasteiger partial charge in [-0.2, -0.15) is 0 Å². The first-order valence-corrected chi connectivity index (χ1v) is 0. The quantitative estimate of drug-likeness (QED) is 0.531. The molecule has 0 heterocycles. The van der Waals surface area contributed by atoms with E-state index in [1.54, 1.807) is 0 Å². The molecular weight excluding hydrogens is 214 g/mol. The summed E-state index contributed by atoms with van der Waals surface area (Å²) in [7, 11) is 0. The zero-order valence-electron chi connectivity index (χ0n) is 1.60. The SMILES string of the molecule is [Co].[Cr].[Cr].[V]. The summed E-state index contributed by atoms with van der Waals surface area (Å²) in [5.41, 5.74) is 0. The van der Waals surface area contributed by atoms with Gasteiger partial charge in [0.15, 0.2) is 0 Å². The Hall–Kier alpha value is 2.16. The Morgan fingerprint density at radius 1 is 0.750 bits per heavy atom. The molecule has 0 saturated heterocycles. The van der Waals surface area contributed by atoms with Gasteiger partial charge in [-0.05, 0) is 0 Å². The van der Waals surface area contributed by atoms with Crippen LogP contribution in [0.1, 0.15) is 0 Å². The van der Waals surface area contributed by atoms with E-state index in [1.165, 1.54) is 0 Å². The average molecular weight is 214 g/mol. The molecular formula is CoCr2V. The molecule has 0 aromatic rings. The van der Waals surface area contributed by atoms with Crippen LogP contribution in [0.15, 0.2) is 0 Å². The summed E-state index contributed by atoms with van der Waals surface area (Å²) in [5.74, 6) is 0. The second kappa shape index (κ2) is 19.2. The molecule has 0 nitrogen and oxygen atoms in total. The summed E-state index contributed by atoms with van der Waals surface area (Å²) in [6.07, 6.45) is 0. The molecule has 0 rings (SSSR count). The first kappa shape index (κ1) is 35.2. The summed E-state index contributed by atoms with van der Waals surface area (Å²) in [6, 6.07) is 0. The molecule has 0 aliphatic carbocycles. The second-order valence-electron chi connectivity index (χ2n) is 0. The molecule has 0 fully saturated rings. The van der Waals surface area contributed by atoms with Gasteiger partial charge in [-0.3, -0.25) is 0 Å². The van der Waals surface area contributed by atoms with Crippen molar-refractivity contribution in [3.05, 3.63) is 0 Å². The van der Waals surface area contributed by atoms with Crippen LogP contribution in [0, 0.1) is 0 Å². The fraction of sp³-hybridized carbons (Fsp3) is 0. The maximum Gasteiger partial charge on any atom is 0 e. The van der Waals surface area contributed by atoms with Crippen molar-refractivity contribution in [3.63, 3.8) is 0 Å². The van der Waals surface area contributed by atoms with E-state index in [9.17, 15) is 0 Å². The van der Waals surface area contributed by atoms with Gasteiger partial charge in [0.25, 0.3) is 0 Å². The van der Waals surface area contributed by atoms with E-state index in [0.29, 0.717) is 0 Å². The van der Waals surface area contributed by atoms with E-state index < -0.39 is 0 Å². The van der Waals surface area contributed by atoms with Gasteiger partial charge in [0, 0.05) is 70.1 Å². The summed E-state index contributed by atoms with van der Waals surface area (Å²) in [5, 5.41) is 0. The van der Waals surface area contributed by atoms with E-state index in [-0.39, 0.29) is 70.1 Å². The minimum absolute atomic E-state index is 0. The molecule has 0 N–H and O–H groups in total. The van der Waals surface area contributed by atoms with Crippen molar-refractivity contribution in [1.29, 1.82) is 0 Å². The van der Waals surface area contributed by atoms with Gasteiger partial charge in [0.1, 0.15) is 0 Å². The predicted molar refractivity (Wildman–Crippen MR) is 0 cm³/mol. The standard InChI is InChI=1S/Co.2Cr.V. The first-order valence-electron chi connectivity index (χ1n) is 0. The predicted octanol–water partition coefficient (Wildman–Crippen LogP) is -0.0100. The van der Waals surface area contributed by atoms with Crippen molar-refractivity contribution in [3.8, 4) is 0 Å². The van der Waals surface area contributed by atoms with Crippen molar-refractivity contribution >= 4 is 0 Å². The van der Waals surface area contributed by atoms with Crippen LogP contribution in [0.3, 0.4) is 0 Å². The van der Waals surface area contributed by atoms with Crippen LogP contribution in [0.2, 0.25) is 0 Å². The van der Waals surface area contributed by atoms with Gasteiger partial charge in [-0.15, -0.1) is 0 Å². The zero-order chi connectivity index (χ0) is 0. The van der Waals surface area contributed by atoms with Crippen molar-refractivity contribution in [2.24, 2.45) is 0 Å². The Morgan fingerprint density at radius 3 is 0.750 bits per heavy atom. The third-order valence-electron chi connectivity index (χ3n) is 0. The Balaban J connectivity index is 0. The summed E-state index contributed by atoms with van der Waals surface area (Å²) in [6.45, 7) is 0. The number of hydrogen-bond acceptors (Lipinski definition) is 0. The van der Waals surface area contributed by atoms with E-state index in [4.69, 9.17) is 0 Å². The molecule has 0 aromatic carbocycles. The zero-order valence-corrected chi connectivity index (χ0v) is 6.58. The molecule has 0 aliphatic heterocycles. The minimum atomic E-state index is 0. The molecule has 0 unspecified atom stereocenters. The van der Waals surface area contributed by atoms with Crippen LogP contribution in [-0.4, -0.2) is 0 Å². The average Bonchev–Trinajstić information content (AvgIpc) is 0. The monoisotopic (exact) mass is 214 g/mol. The van der Waals surface area contributed by atoms with E-state index >= 15 is 0 Å². The number of rotatable bonds is 0. The van der Waals surface area contributed by atoms with Gasteiger partial charge in [-0.1, -0.05) is 0 Å². The fourth-order valence-electron chi connectivity index (χ4n) is 0. The number of hydrogen-bond donors (Lipinski definition) is 0. The van der Waals surface area contributed by atoms with Crippen LogP contribution >= 0.6 is 0 Å². The molecule has 0 spiro atoms. The Bertz CT molecular complexity index is 6.00. The molecule has 0 aromatic heterocycles. The maximum absolute atomic E-state index is 0. The first-order chi connectivity index (χ1) is 0. The topological polar surface area (TPSA) is 0 Å². The minimum Gasteiger partial charge on any atom is 0 e. The van der Waals surface area contributed by atoms with E-state index in [2.05, 4.69) is 0 Å². The van der Waals surface area contributed by atoms with Crippen LogP contribution in [0.4, 0.5) is 0 Å². The van der Waals surface area contributed by atoms with Gasteiger partial charge >= 0.3 is 0 Å². The second-order valence-corrected chi connectivity index (χ2v) is 0. The summed E-state index contributed by atoms with van der Waals surface area (Å²) >= 11 is 0. The van der Waals surface area contributed by atoms with Gasteiger partial charge < -0.3 is 0 Å². The smallest absolute Gasteiger partial charge is 0 e. The van der Waals surface area contributed by atoms with Gasteiger partial charge in [0.05, 0.1) is 0 Å². The summed E-state index contributed by atoms with van der Waals surface area (Å²) < 4.78 is 0. The van der Waals surface area contributed by atoms with Crippen LogP contribution in [0.25, 0.3) is 0 Å². The molecule has 0 aliphatic rings. The molecule has 4 heavy (non-hydrogen) atoms. The molecule has 0 amide bonds. The largest absolute Gasteiger partial charge is 0 e. The summed E-state index contributed by atoms with van der Waals surface area (Å²) in [4.78, 5) is 0. The van der Waals surface area contributed by atoms with Crippen molar-refractivity contribution < 1.29 is 70.1 Å².